The smallest absolute Gasteiger partial charge is 0.236 e. The van der Waals surface area contributed by atoms with Crippen LogP contribution in [0.1, 0.15) is 18.4 Å². The van der Waals surface area contributed by atoms with Crippen LogP contribution in [-0.4, -0.2) is 54.8 Å². The van der Waals surface area contributed by atoms with Crippen molar-refractivity contribution in [1.29, 1.82) is 0 Å². The highest BCUT2D eigenvalue weighted by molar-refractivity contribution is 7.94. The molecule has 0 saturated carbocycles. The number of nitrogens with zero attached hydrogens (tertiary/aromatic N) is 2. The second-order valence-electron chi connectivity index (χ2n) is 4.64. The maximum Gasteiger partial charge on any atom is 0.236 e. The maximum absolute atomic E-state index is 12.2. The predicted molar refractivity (Wildman–Crippen MR) is 75.3 cm³/mol. The van der Waals surface area contributed by atoms with Crippen molar-refractivity contribution in [2.24, 2.45) is 10.9 Å². The lowest BCUT2D eigenvalue weighted by molar-refractivity contribution is 0.318. The number of sulfone groups is 1. The highest BCUT2D eigenvalue weighted by Crippen LogP contribution is 2.22. The number of amidine groups is 1. The van der Waals surface area contributed by atoms with Crippen LogP contribution in [0, 0.1) is 0 Å². The van der Waals surface area contributed by atoms with E-state index < -0.39 is 25.1 Å². The van der Waals surface area contributed by atoms with Gasteiger partial charge in [-0.25, -0.2) is 16.8 Å². The van der Waals surface area contributed by atoms with Crippen LogP contribution in [0.3, 0.4) is 0 Å². The summed E-state index contributed by atoms with van der Waals surface area (Å²) in [5.74, 6) is -0.644. The first-order chi connectivity index (χ1) is 9.75. The van der Waals surface area contributed by atoms with Gasteiger partial charge in [-0.05, 0) is 12.8 Å². The van der Waals surface area contributed by atoms with Gasteiger partial charge >= 0.3 is 0 Å². The molecule has 10 nitrogen and oxygen atoms in total. The third-order valence-corrected chi connectivity index (χ3v) is 6.76. The number of rotatable bonds is 4. The average Bonchev–Trinajstić information content (AvgIpc) is 2.84. The van der Waals surface area contributed by atoms with Crippen molar-refractivity contribution in [3.05, 3.63) is 11.8 Å². The molecule has 2 rings (SSSR count). The Morgan fingerprint density at radius 3 is 2.67 bits per heavy atom. The minimum atomic E-state index is -3.80. The van der Waals surface area contributed by atoms with Crippen LogP contribution in [0.15, 0.2) is 11.4 Å². The fraction of sp³-hybridized carbons (Fsp3) is 0.556. The van der Waals surface area contributed by atoms with Crippen LogP contribution in [0.25, 0.3) is 0 Å². The number of oxime groups is 1. The Labute approximate surface area is 121 Å². The Morgan fingerprint density at radius 2 is 2.10 bits per heavy atom. The number of nitrogens with two attached hydrogens (primary N) is 1. The van der Waals surface area contributed by atoms with Crippen molar-refractivity contribution < 1.29 is 22.0 Å². The summed E-state index contributed by atoms with van der Waals surface area (Å²) in [5.41, 5.74) is 5.50. The van der Waals surface area contributed by atoms with Crippen LogP contribution in [0.4, 0.5) is 5.82 Å². The summed E-state index contributed by atoms with van der Waals surface area (Å²) in [6.07, 6.45) is 1.27. The lowest BCUT2D eigenvalue weighted by Crippen LogP contribution is -2.36. The van der Waals surface area contributed by atoms with E-state index in [4.69, 9.17) is 10.9 Å². The first-order valence-electron chi connectivity index (χ1n) is 5.98. The van der Waals surface area contributed by atoms with E-state index in [1.54, 1.807) is 0 Å². The fourth-order valence-electron chi connectivity index (χ4n) is 2.02. The Balaban J connectivity index is 2.18. The Hall–Kier alpha value is -1.82. The second kappa shape index (κ2) is 5.52. The van der Waals surface area contributed by atoms with Crippen molar-refractivity contribution in [1.82, 2.24) is 10.2 Å². The second-order valence-corrected chi connectivity index (χ2v) is 8.91. The van der Waals surface area contributed by atoms with Crippen LogP contribution in [0.2, 0.25) is 0 Å². The number of nitrogens with one attached hydrogen (secondary N) is 2. The molecule has 0 radical (unpaired) electrons. The fourth-order valence-corrected chi connectivity index (χ4v) is 5.27. The molecule has 5 N–H and O–H groups in total. The highest BCUT2D eigenvalue weighted by Gasteiger charge is 2.33. The lowest BCUT2D eigenvalue weighted by atomic mass is 10.2. The first-order valence-corrected chi connectivity index (χ1v) is 9.35. The average molecular weight is 337 g/mol. The zero-order chi connectivity index (χ0) is 15.7. The molecule has 0 amide bonds. The molecule has 1 aliphatic heterocycles. The minimum Gasteiger partial charge on any atom is -0.409 e. The highest BCUT2D eigenvalue weighted by atomic mass is 32.2. The molecule has 0 unspecified atom stereocenters. The molecule has 1 saturated heterocycles. The van der Waals surface area contributed by atoms with Gasteiger partial charge in [-0.3, -0.25) is 9.82 Å². The minimum absolute atomic E-state index is 0.0290. The topological polar surface area (TPSA) is 168 Å². The third-order valence-electron chi connectivity index (χ3n) is 3.21. The molecule has 1 aromatic heterocycles. The van der Waals surface area contributed by atoms with Crippen LogP contribution in [-0.2, 0) is 19.9 Å². The van der Waals surface area contributed by atoms with Crippen LogP contribution < -0.4 is 10.5 Å². The maximum atomic E-state index is 12.2. The molecule has 0 spiro atoms. The van der Waals surface area contributed by atoms with E-state index in [2.05, 4.69) is 20.1 Å². The van der Waals surface area contributed by atoms with E-state index in [0.29, 0.717) is 0 Å². The number of hydrogen-bond donors (Lipinski definition) is 4. The summed E-state index contributed by atoms with van der Waals surface area (Å²) >= 11 is 0. The number of aromatic amines is 1. The van der Waals surface area contributed by atoms with E-state index in [1.807, 2.05) is 0 Å². The number of sulfonamides is 1. The zero-order valence-electron chi connectivity index (χ0n) is 10.9. The van der Waals surface area contributed by atoms with Gasteiger partial charge < -0.3 is 10.9 Å². The van der Waals surface area contributed by atoms with Gasteiger partial charge in [-0.15, -0.1) is 0 Å². The number of H-pyrrole nitrogens is 1. The summed E-state index contributed by atoms with van der Waals surface area (Å²) in [6, 6.07) is 0. The summed E-state index contributed by atoms with van der Waals surface area (Å²) in [7, 11) is -6.95. The third kappa shape index (κ3) is 3.44. The van der Waals surface area contributed by atoms with Crippen molar-refractivity contribution in [3.63, 3.8) is 0 Å². The molecule has 0 atom stereocenters. The van der Waals surface area contributed by atoms with E-state index in [-0.39, 0.29) is 41.6 Å². The lowest BCUT2D eigenvalue weighted by Gasteiger charge is -2.22. The Kier molecular flexibility index (Phi) is 4.09. The SMILES string of the molecule is NC(=NO)c1cn[nH]c1NS(=O)(=O)C1CCS(=O)(=O)CC1. The molecule has 0 aromatic carbocycles. The molecular formula is C9H15N5O5S2. The number of aromatic nitrogens is 2. The summed E-state index contributed by atoms with van der Waals surface area (Å²) in [6.45, 7) is 0. The van der Waals surface area contributed by atoms with Gasteiger partial charge in [0.25, 0.3) is 0 Å². The summed E-state index contributed by atoms with van der Waals surface area (Å²) in [5, 5.41) is 16.6. The van der Waals surface area contributed by atoms with Gasteiger partial charge in [-0.2, -0.15) is 5.10 Å². The first kappa shape index (κ1) is 15.6. The van der Waals surface area contributed by atoms with E-state index in [0.717, 1.165) is 0 Å². The normalized spacial score (nSPS) is 20.3. The van der Waals surface area contributed by atoms with Crippen molar-refractivity contribution in [2.75, 3.05) is 16.2 Å². The largest absolute Gasteiger partial charge is 0.409 e. The van der Waals surface area contributed by atoms with Gasteiger partial charge in [0.05, 0.1) is 28.5 Å². The summed E-state index contributed by atoms with van der Waals surface area (Å²) < 4.78 is 49.4. The van der Waals surface area contributed by atoms with Gasteiger partial charge in [0.1, 0.15) is 15.7 Å². The van der Waals surface area contributed by atoms with Crippen LogP contribution >= 0.6 is 0 Å². The monoisotopic (exact) mass is 337 g/mol. The van der Waals surface area contributed by atoms with E-state index in [9.17, 15) is 16.8 Å². The van der Waals surface area contributed by atoms with E-state index >= 15 is 0 Å². The van der Waals surface area contributed by atoms with Crippen LogP contribution in [0.5, 0.6) is 0 Å². The Morgan fingerprint density at radius 1 is 1.48 bits per heavy atom. The van der Waals surface area contributed by atoms with Gasteiger partial charge in [0.15, 0.2) is 5.84 Å². The molecule has 1 aromatic rings. The molecule has 0 aliphatic carbocycles. The van der Waals surface area contributed by atoms with Gasteiger partial charge in [0, 0.05) is 0 Å². The molecule has 21 heavy (non-hydrogen) atoms. The molecule has 118 valence electrons. The Bertz CT molecular complexity index is 737. The van der Waals surface area contributed by atoms with Crippen molar-refractivity contribution in [2.45, 2.75) is 18.1 Å². The molecule has 2 heterocycles. The van der Waals surface area contributed by atoms with Crippen molar-refractivity contribution >= 4 is 31.5 Å². The molecular weight excluding hydrogens is 322 g/mol. The standard InChI is InChI=1S/C9H15N5O5S2/c10-8(13-15)7-5-11-12-9(7)14-21(18,19)6-1-3-20(16,17)4-2-6/h5-6,15H,1-4H2,(H2,10,13)(H2,11,12,14). The zero-order valence-corrected chi connectivity index (χ0v) is 12.5. The van der Waals surface area contributed by atoms with Crippen molar-refractivity contribution in [3.8, 4) is 0 Å². The molecule has 1 fully saturated rings. The van der Waals surface area contributed by atoms with Gasteiger partial charge in [0.2, 0.25) is 10.0 Å². The van der Waals surface area contributed by atoms with E-state index in [1.165, 1.54) is 6.20 Å². The summed E-state index contributed by atoms with van der Waals surface area (Å²) in [4.78, 5) is 0. The molecule has 12 heteroatoms. The number of hydrogen-bond acceptors (Lipinski definition) is 7. The number of anilines is 1. The van der Waals surface area contributed by atoms with Gasteiger partial charge in [-0.1, -0.05) is 5.16 Å². The quantitative estimate of drug-likeness (QED) is 0.232. The molecule has 1 aliphatic rings. The molecule has 0 bridgehead atoms. The predicted octanol–water partition coefficient (Wildman–Crippen LogP) is -1.18.